The van der Waals surface area contributed by atoms with Crippen LogP contribution in [0.2, 0.25) is 0 Å². The van der Waals surface area contributed by atoms with Crippen molar-refractivity contribution in [1.82, 2.24) is 4.90 Å². The Hall–Kier alpha value is -2.88. The van der Waals surface area contributed by atoms with E-state index < -0.39 is 6.04 Å². The second-order valence-electron chi connectivity index (χ2n) is 6.46. The van der Waals surface area contributed by atoms with E-state index in [0.29, 0.717) is 23.4 Å². The molecule has 0 saturated carbocycles. The zero-order valence-electron chi connectivity index (χ0n) is 14.2. The van der Waals surface area contributed by atoms with Crippen LogP contribution < -0.4 is 5.32 Å². The zero-order chi connectivity index (χ0) is 17.4. The largest absolute Gasteiger partial charge is 0.355 e. The van der Waals surface area contributed by atoms with Gasteiger partial charge in [0.2, 0.25) is 0 Å². The Morgan fingerprint density at radius 1 is 1.04 bits per heavy atom. The van der Waals surface area contributed by atoms with Crippen LogP contribution in [0.3, 0.4) is 0 Å². The lowest BCUT2D eigenvalue weighted by molar-refractivity contribution is 0.0617. The highest BCUT2D eigenvalue weighted by molar-refractivity contribution is 6.21. The minimum Gasteiger partial charge on any atom is -0.355 e. The Balaban J connectivity index is 1.82. The van der Waals surface area contributed by atoms with Crippen molar-refractivity contribution < 1.29 is 9.59 Å². The van der Waals surface area contributed by atoms with Crippen LogP contribution in [0.4, 0.5) is 11.4 Å². The van der Waals surface area contributed by atoms with Crippen LogP contribution in [0, 0.1) is 0 Å². The van der Waals surface area contributed by atoms with E-state index in [2.05, 4.69) is 12.2 Å². The lowest BCUT2D eigenvalue weighted by Gasteiger charge is -2.37. The van der Waals surface area contributed by atoms with Crippen molar-refractivity contribution in [3.63, 3.8) is 0 Å². The van der Waals surface area contributed by atoms with Crippen molar-refractivity contribution in [2.75, 3.05) is 11.9 Å². The minimum absolute atomic E-state index is 0.0277. The van der Waals surface area contributed by atoms with Gasteiger partial charge in [0.1, 0.15) is 6.04 Å². The van der Waals surface area contributed by atoms with Gasteiger partial charge < -0.3 is 10.2 Å². The fourth-order valence-corrected chi connectivity index (χ4v) is 3.54. The second-order valence-corrected chi connectivity index (χ2v) is 6.46. The van der Waals surface area contributed by atoms with Crippen LogP contribution in [0.15, 0.2) is 48.5 Å². The molecule has 4 rings (SSSR count). The van der Waals surface area contributed by atoms with Gasteiger partial charge in [-0.3, -0.25) is 9.59 Å². The van der Waals surface area contributed by atoms with Crippen LogP contribution in [0.25, 0.3) is 6.08 Å². The van der Waals surface area contributed by atoms with Crippen LogP contribution in [-0.2, 0) is 0 Å². The number of benzene rings is 2. The number of hydrogen-bond donors (Lipinski definition) is 1. The molecule has 1 N–H and O–H groups in total. The van der Waals surface area contributed by atoms with Crippen LogP contribution in [-0.4, -0.2) is 29.2 Å². The van der Waals surface area contributed by atoms with Gasteiger partial charge in [0.15, 0.2) is 5.78 Å². The van der Waals surface area contributed by atoms with E-state index in [1.54, 1.807) is 4.90 Å². The third kappa shape index (κ3) is 2.54. The van der Waals surface area contributed by atoms with E-state index in [1.165, 1.54) is 0 Å². The molecule has 1 amide bonds. The first-order valence-corrected chi connectivity index (χ1v) is 8.73. The quantitative estimate of drug-likeness (QED) is 0.890. The van der Waals surface area contributed by atoms with Crippen LogP contribution >= 0.6 is 0 Å². The van der Waals surface area contributed by atoms with Crippen molar-refractivity contribution >= 4 is 29.1 Å². The third-order valence-electron chi connectivity index (χ3n) is 4.83. The average molecular weight is 332 g/mol. The van der Waals surface area contributed by atoms with Crippen molar-refractivity contribution in [2.24, 2.45) is 0 Å². The highest BCUT2D eigenvalue weighted by Crippen LogP contribution is 2.37. The first-order valence-electron chi connectivity index (χ1n) is 8.73. The summed E-state index contributed by atoms with van der Waals surface area (Å²) in [5.74, 6) is -0.0300. The summed E-state index contributed by atoms with van der Waals surface area (Å²) in [7, 11) is 0. The molecule has 0 fully saturated rings. The molecule has 1 aliphatic carbocycles. The number of anilines is 2. The molecule has 2 aliphatic rings. The molecule has 4 nitrogen and oxygen atoms in total. The number of rotatable bonds is 5. The van der Waals surface area contributed by atoms with E-state index in [9.17, 15) is 9.59 Å². The van der Waals surface area contributed by atoms with Crippen molar-refractivity contribution in [3.05, 3.63) is 65.2 Å². The SMILES string of the molecule is CCCCN1C(=O)c2c(Nc3ccccc3)ccc3c2C(=O)C1C=C3. The Kier molecular flexibility index (Phi) is 3.88. The van der Waals surface area contributed by atoms with E-state index in [1.807, 2.05) is 54.6 Å². The maximum atomic E-state index is 13.2. The number of carbonyl (C=O) groups excluding carboxylic acids is 2. The first-order chi connectivity index (χ1) is 12.2. The normalized spacial score (nSPS) is 17.8. The number of fused-ring (bicyclic) bond motifs is 1. The second kappa shape index (κ2) is 6.20. The summed E-state index contributed by atoms with van der Waals surface area (Å²) in [5, 5.41) is 3.30. The van der Waals surface area contributed by atoms with Gasteiger partial charge >= 0.3 is 0 Å². The lowest BCUT2D eigenvalue weighted by Crippen LogP contribution is -2.50. The molecule has 0 radical (unpaired) electrons. The van der Waals surface area contributed by atoms with E-state index in [4.69, 9.17) is 0 Å². The number of nitrogens with zero attached hydrogens (tertiary/aromatic N) is 1. The third-order valence-corrected chi connectivity index (χ3v) is 4.83. The monoisotopic (exact) mass is 332 g/mol. The number of nitrogens with one attached hydrogen (secondary N) is 1. The number of unbranched alkanes of at least 4 members (excludes halogenated alkanes) is 1. The fourth-order valence-electron chi connectivity index (χ4n) is 3.54. The standard InChI is InChI=1S/C21H20N2O2/c1-2-3-13-23-17-12-10-14-9-11-16(22-15-7-5-4-6-8-15)19(21(23)25)18(14)20(17)24/h4-12,17,22H,2-3,13H2,1H3. The number of ketones is 1. The van der Waals surface area contributed by atoms with Gasteiger partial charge in [0, 0.05) is 17.8 Å². The van der Waals surface area contributed by atoms with Gasteiger partial charge in [-0.05, 0) is 30.2 Å². The van der Waals surface area contributed by atoms with E-state index in [0.717, 1.165) is 24.1 Å². The Labute approximate surface area is 147 Å². The lowest BCUT2D eigenvalue weighted by atomic mass is 9.83. The van der Waals surface area contributed by atoms with Crippen LogP contribution in [0.5, 0.6) is 0 Å². The summed E-state index contributed by atoms with van der Waals surface area (Å²) in [6, 6.07) is 13.0. The predicted molar refractivity (Wildman–Crippen MR) is 99.3 cm³/mol. The molecular weight excluding hydrogens is 312 g/mol. The van der Waals surface area contributed by atoms with Crippen LogP contribution in [0.1, 0.15) is 46.0 Å². The topological polar surface area (TPSA) is 49.4 Å². The molecule has 2 aromatic carbocycles. The molecule has 2 aromatic rings. The van der Waals surface area contributed by atoms with E-state index in [-0.39, 0.29) is 11.7 Å². The molecule has 1 atom stereocenters. The van der Waals surface area contributed by atoms with Gasteiger partial charge in [0.05, 0.1) is 11.3 Å². The van der Waals surface area contributed by atoms with Gasteiger partial charge in [-0.1, -0.05) is 49.8 Å². The number of carbonyl (C=O) groups is 2. The van der Waals surface area contributed by atoms with Gasteiger partial charge in [0.25, 0.3) is 5.91 Å². The Bertz CT molecular complexity index is 871. The maximum absolute atomic E-state index is 13.2. The first kappa shape index (κ1) is 15.6. The number of para-hydroxylation sites is 1. The smallest absolute Gasteiger partial charge is 0.257 e. The molecule has 2 bridgehead atoms. The summed E-state index contributed by atoms with van der Waals surface area (Å²) >= 11 is 0. The highest BCUT2D eigenvalue weighted by atomic mass is 16.2. The maximum Gasteiger partial charge on any atom is 0.257 e. The van der Waals surface area contributed by atoms with Gasteiger partial charge in [-0.25, -0.2) is 0 Å². The number of Topliss-reactive ketones (excluding diaryl/α,β-unsaturated/α-hetero) is 1. The van der Waals surface area contributed by atoms with Crippen molar-refractivity contribution in [2.45, 2.75) is 25.8 Å². The molecule has 1 unspecified atom stereocenters. The van der Waals surface area contributed by atoms with Crippen molar-refractivity contribution in [1.29, 1.82) is 0 Å². The Morgan fingerprint density at radius 2 is 1.84 bits per heavy atom. The highest BCUT2D eigenvalue weighted by Gasteiger charge is 2.41. The molecule has 0 saturated heterocycles. The molecule has 4 heteroatoms. The minimum atomic E-state index is -0.453. The summed E-state index contributed by atoms with van der Waals surface area (Å²) in [4.78, 5) is 27.8. The molecule has 0 spiro atoms. The molecule has 1 heterocycles. The summed E-state index contributed by atoms with van der Waals surface area (Å²) in [5.41, 5.74) is 3.48. The average Bonchev–Trinajstić information content (AvgIpc) is 2.63. The molecule has 126 valence electrons. The molecule has 25 heavy (non-hydrogen) atoms. The zero-order valence-corrected chi connectivity index (χ0v) is 14.2. The molecular formula is C21H20N2O2. The predicted octanol–water partition coefficient (Wildman–Crippen LogP) is 4.26. The van der Waals surface area contributed by atoms with Crippen molar-refractivity contribution in [3.8, 4) is 0 Å². The summed E-state index contributed by atoms with van der Waals surface area (Å²) in [6.07, 6.45) is 5.68. The number of amides is 1. The van der Waals surface area contributed by atoms with Gasteiger partial charge in [-0.15, -0.1) is 0 Å². The van der Waals surface area contributed by atoms with Gasteiger partial charge in [-0.2, -0.15) is 0 Å². The summed E-state index contributed by atoms with van der Waals surface area (Å²) < 4.78 is 0. The van der Waals surface area contributed by atoms with E-state index >= 15 is 0 Å². The Morgan fingerprint density at radius 3 is 2.60 bits per heavy atom. The molecule has 1 aliphatic heterocycles. The fraction of sp³-hybridized carbons (Fsp3) is 0.238. The summed E-state index contributed by atoms with van der Waals surface area (Å²) in [6.45, 7) is 2.69. The molecule has 0 aromatic heterocycles. The number of hydrogen-bond acceptors (Lipinski definition) is 3.